The van der Waals surface area contributed by atoms with Crippen molar-refractivity contribution in [3.63, 3.8) is 0 Å². The van der Waals surface area contributed by atoms with Gasteiger partial charge in [0.25, 0.3) is 0 Å². The minimum atomic E-state index is -0.419. The van der Waals surface area contributed by atoms with Crippen LogP contribution >= 0.6 is 11.8 Å². The van der Waals surface area contributed by atoms with Crippen LogP contribution in [0.3, 0.4) is 0 Å². The highest BCUT2D eigenvalue weighted by Gasteiger charge is 2.17. The molecule has 0 aliphatic heterocycles. The molecule has 0 aromatic heterocycles. The van der Waals surface area contributed by atoms with E-state index in [4.69, 9.17) is 9.47 Å². The Morgan fingerprint density at radius 1 is 1.00 bits per heavy atom. The summed E-state index contributed by atoms with van der Waals surface area (Å²) in [6, 6.07) is 17.7. The van der Waals surface area contributed by atoms with Gasteiger partial charge >= 0.3 is 5.97 Å². The summed E-state index contributed by atoms with van der Waals surface area (Å²) in [6.07, 6.45) is 1.41. The molecule has 0 N–H and O–H groups in total. The van der Waals surface area contributed by atoms with E-state index in [1.165, 1.54) is 20.5 Å². The molecule has 0 bridgehead atoms. The van der Waals surface area contributed by atoms with Crippen LogP contribution < -0.4 is 0 Å². The molecule has 2 aromatic carbocycles. The second-order valence-corrected chi connectivity index (χ2v) is 5.29. The van der Waals surface area contributed by atoms with Crippen molar-refractivity contribution in [2.24, 2.45) is 0 Å². The highest BCUT2D eigenvalue weighted by Crippen LogP contribution is 2.33. The summed E-state index contributed by atoms with van der Waals surface area (Å²) in [5.41, 5.74) is 1.19. The monoisotopic (exact) mass is 300 g/mol. The molecule has 0 aliphatic rings. The summed E-state index contributed by atoms with van der Waals surface area (Å²) in [5, 5.41) is 0. The molecule has 3 nitrogen and oxygen atoms in total. The zero-order chi connectivity index (χ0) is 15.1. The topological polar surface area (TPSA) is 35.5 Å². The van der Waals surface area contributed by atoms with Crippen molar-refractivity contribution in [2.75, 3.05) is 14.2 Å². The molecule has 2 aromatic rings. The van der Waals surface area contributed by atoms with E-state index in [1.54, 1.807) is 11.8 Å². The van der Waals surface area contributed by atoms with E-state index < -0.39 is 5.97 Å². The van der Waals surface area contributed by atoms with Crippen LogP contribution in [0.15, 0.2) is 70.7 Å². The lowest BCUT2D eigenvalue weighted by Gasteiger charge is -2.11. The third kappa shape index (κ3) is 3.89. The predicted octanol–water partition coefficient (Wildman–Crippen LogP) is 4.00. The molecule has 0 fully saturated rings. The first kappa shape index (κ1) is 15.2. The van der Waals surface area contributed by atoms with Crippen LogP contribution in [0.2, 0.25) is 0 Å². The van der Waals surface area contributed by atoms with Gasteiger partial charge in [-0.25, -0.2) is 4.79 Å². The van der Waals surface area contributed by atoms with Crippen LogP contribution in [0.1, 0.15) is 5.56 Å². The number of hydrogen-bond donors (Lipinski definition) is 0. The van der Waals surface area contributed by atoms with E-state index in [0.717, 1.165) is 15.4 Å². The van der Waals surface area contributed by atoms with Gasteiger partial charge in [-0.2, -0.15) is 0 Å². The fraction of sp³-hybridized carbons (Fsp3) is 0.118. The molecule has 0 aliphatic carbocycles. The van der Waals surface area contributed by atoms with Crippen LogP contribution in [0.4, 0.5) is 0 Å². The molecule has 4 heteroatoms. The number of benzene rings is 2. The van der Waals surface area contributed by atoms with Gasteiger partial charge in [-0.05, 0) is 18.2 Å². The number of methoxy groups -OCH3 is 2. The second kappa shape index (κ2) is 7.55. The Labute approximate surface area is 128 Å². The van der Waals surface area contributed by atoms with Gasteiger partial charge in [0.1, 0.15) is 5.57 Å². The quantitative estimate of drug-likeness (QED) is 0.475. The molecule has 0 unspecified atom stereocenters. The Hall–Kier alpha value is -2.20. The molecule has 0 saturated carbocycles. The molecule has 0 heterocycles. The molecule has 2 rings (SSSR count). The van der Waals surface area contributed by atoms with Gasteiger partial charge in [0.2, 0.25) is 0 Å². The maximum Gasteiger partial charge on any atom is 0.341 e. The van der Waals surface area contributed by atoms with Crippen molar-refractivity contribution < 1.29 is 14.3 Å². The van der Waals surface area contributed by atoms with Crippen LogP contribution in [0, 0.1) is 0 Å². The van der Waals surface area contributed by atoms with Crippen molar-refractivity contribution >= 4 is 23.3 Å². The lowest BCUT2D eigenvalue weighted by Crippen LogP contribution is -2.05. The van der Waals surface area contributed by atoms with Crippen LogP contribution in [0.5, 0.6) is 0 Å². The highest BCUT2D eigenvalue weighted by molar-refractivity contribution is 7.99. The Bertz CT molecular complexity index is 635. The zero-order valence-electron chi connectivity index (χ0n) is 11.9. The normalized spacial score (nSPS) is 11.0. The molecule has 0 spiro atoms. The van der Waals surface area contributed by atoms with Crippen molar-refractivity contribution in [3.8, 4) is 0 Å². The summed E-state index contributed by atoms with van der Waals surface area (Å²) in [6.45, 7) is 0. The molecular weight excluding hydrogens is 284 g/mol. The summed E-state index contributed by atoms with van der Waals surface area (Å²) in [4.78, 5) is 14.0. The summed E-state index contributed by atoms with van der Waals surface area (Å²) in [7, 11) is 2.87. The molecule has 0 saturated heterocycles. The van der Waals surface area contributed by atoms with Gasteiger partial charge in [-0.1, -0.05) is 48.2 Å². The van der Waals surface area contributed by atoms with Crippen LogP contribution in [-0.2, 0) is 14.3 Å². The molecular formula is C17H16O3S. The van der Waals surface area contributed by atoms with Crippen LogP contribution in [0.25, 0.3) is 5.57 Å². The van der Waals surface area contributed by atoms with Gasteiger partial charge in [-0.15, -0.1) is 0 Å². The Morgan fingerprint density at radius 2 is 1.67 bits per heavy atom. The maximum absolute atomic E-state index is 11.9. The maximum atomic E-state index is 11.9. The number of hydrogen-bond acceptors (Lipinski definition) is 4. The third-order valence-electron chi connectivity index (χ3n) is 2.79. The minimum absolute atomic E-state index is 0.402. The summed E-state index contributed by atoms with van der Waals surface area (Å²) < 4.78 is 9.84. The smallest absolute Gasteiger partial charge is 0.341 e. The highest BCUT2D eigenvalue weighted by atomic mass is 32.2. The standard InChI is InChI=1S/C17H16O3S/c1-19-12-15(17(18)20-2)14-10-6-7-11-16(14)21-13-8-4-3-5-9-13/h3-12H,1-2H3/b15-12+. The van der Waals surface area contributed by atoms with Crippen molar-refractivity contribution in [1.82, 2.24) is 0 Å². The van der Waals surface area contributed by atoms with E-state index >= 15 is 0 Å². The van der Waals surface area contributed by atoms with Gasteiger partial charge in [0.05, 0.1) is 20.5 Å². The predicted molar refractivity (Wildman–Crippen MR) is 84.0 cm³/mol. The fourth-order valence-corrected chi connectivity index (χ4v) is 2.82. The van der Waals surface area contributed by atoms with Gasteiger partial charge in [-0.3, -0.25) is 0 Å². The number of ether oxygens (including phenoxy) is 2. The molecule has 108 valence electrons. The van der Waals surface area contributed by atoms with E-state index in [9.17, 15) is 4.79 Å². The Kier molecular flexibility index (Phi) is 5.46. The Balaban J connectivity index is 2.40. The molecule has 0 amide bonds. The second-order valence-electron chi connectivity index (χ2n) is 4.17. The zero-order valence-corrected chi connectivity index (χ0v) is 12.7. The molecule has 21 heavy (non-hydrogen) atoms. The van der Waals surface area contributed by atoms with Crippen molar-refractivity contribution in [2.45, 2.75) is 9.79 Å². The van der Waals surface area contributed by atoms with E-state index in [0.29, 0.717) is 5.57 Å². The first-order chi connectivity index (χ1) is 10.3. The minimum Gasteiger partial charge on any atom is -0.503 e. The number of rotatable bonds is 5. The van der Waals surface area contributed by atoms with E-state index in [2.05, 4.69) is 0 Å². The SMILES string of the molecule is CO/C=C(/C(=O)OC)c1ccccc1Sc1ccccc1. The first-order valence-electron chi connectivity index (χ1n) is 6.40. The van der Waals surface area contributed by atoms with Gasteiger partial charge in [0.15, 0.2) is 0 Å². The first-order valence-corrected chi connectivity index (χ1v) is 7.21. The summed E-state index contributed by atoms with van der Waals surface area (Å²) >= 11 is 1.59. The van der Waals surface area contributed by atoms with Crippen LogP contribution in [-0.4, -0.2) is 20.2 Å². The lowest BCUT2D eigenvalue weighted by molar-refractivity contribution is -0.133. The average Bonchev–Trinajstić information content (AvgIpc) is 2.54. The van der Waals surface area contributed by atoms with E-state index in [1.807, 2.05) is 54.6 Å². The third-order valence-corrected chi connectivity index (χ3v) is 3.87. The number of esters is 1. The van der Waals surface area contributed by atoms with Crippen molar-refractivity contribution in [1.29, 1.82) is 0 Å². The largest absolute Gasteiger partial charge is 0.503 e. The number of carbonyl (C=O) groups excluding carboxylic acids is 1. The molecule has 0 atom stereocenters. The van der Waals surface area contributed by atoms with Gasteiger partial charge < -0.3 is 9.47 Å². The van der Waals surface area contributed by atoms with Crippen molar-refractivity contribution in [3.05, 3.63) is 66.4 Å². The summed E-state index contributed by atoms with van der Waals surface area (Å²) in [5.74, 6) is -0.419. The average molecular weight is 300 g/mol. The van der Waals surface area contributed by atoms with E-state index in [-0.39, 0.29) is 0 Å². The fourth-order valence-electron chi connectivity index (χ4n) is 1.84. The van der Waals surface area contributed by atoms with Gasteiger partial charge in [0, 0.05) is 15.4 Å². The Morgan fingerprint density at radius 3 is 2.33 bits per heavy atom. The number of carbonyl (C=O) groups is 1. The molecule has 0 radical (unpaired) electrons. The lowest BCUT2D eigenvalue weighted by atomic mass is 10.1.